The fraction of sp³-hybridized carbons (Fsp3) is 0.488. The molecule has 0 saturated heterocycles. The van der Waals surface area contributed by atoms with E-state index < -0.39 is 65.7 Å². The van der Waals surface area contributed by atoms with Crippen LogP contribution < -0.4 is 22.1 Å². The van der Waals surface area contributed by atoms with Crippen molar-refractivity contribution in [3.05, 3.63) is 83.7 Å². The molecule has 1 heterocycles. The van der Waals surface area contributed by atoms with Gasteiger partial charge in [0.15, 0.2) is 5.78 Å². The van der Waals surface area contributed by atoms with Gasteiger partial charge < -0.3 is 41.8 Å². The summed E-state index contributed by atoms with van der Waals surface area (Å²) >= 11 is 0. The Hall–Kier alpha value is -5.20. The minimum absolute atomic E-state index is 0.00970. The number of carbonyl (C=O) groups excluding carboxylic acids is 4. The number of nitrogens with two attached hydrogens (primary N) is 2. The number of amides is 3. The number of hydrogen-bond acceptors (Lipinski definition) is 8. The van der Waals surface area contributed by atoms with Gasteiger partial charge in [0.05, 0.1) is 18.1 Å². The predicted octanol–water partition coefficient (Wildman–Crippen LogP) is 4.84. The molecule has 0 aliphatic heterocycles. The van der Waals surface area contributed by atoms with Gasteiger partial charge in [0.1, 0.15) is 18.2 Å². The molecule has 8 N–H and O–H groups in total. The molecule has 3 rings (SSSR count). The normalized spacial score (nSPS) is 13.0. The Morgan fingerprint density at radius 1 is 0.932 bits per heavy atom. The molecule has 3 aromatic rings. The van der Waals surface area contributed by atoms with Crippen LogP contribution >= 0.6 is 0 Å². The lowest BCUT2D eigenvalue weighted by molar-refractivity contribution is -0.192. The summed E-state index contributed by atoms with van der Waals surface area (Å²) in [6, 6.07) is 12.2. The van der Waals surface area contributed by atoms with Gasteiger partial charge in [0.2, 0.25) is 17.7 Å². The number of aliphatic carboxylic acids is 1. The van der Waals surface area contributed by atoms with Crippen LogP contribution in [-0.2, 0) is 30.5 Å². The maximum Gasteiger partial charge on any atom is 0.490 e. The van der Waals surface area contributed by atoms with E-state index in [9.17, 15) is 41.8 Å². The molecular weight excluding hydrogens is 783 g/mol. The first kappa shape index (κ1) is 49.9. The summed E-state index contributed by atoms with van der Waals surface area (Å²) in [5.41, 5.74) is 13.3. The number of carboxylic acid groups (broad SMARTS) is 1. The number of rotatable bonds is 20. The van der Waals surface area contributed by atoms with Crippen molar-refractivity contribution >= 4 is 29.5 Å². The van der Waals surface area contributed by atoms with E-state index in [1.54, 1.807) is 12.3 Å². The molecule has 0 radical (unpaired) electrons. The third-order valence-electron chi connectivity index (χ3n) is 9.11. The van der Waals surface area contributed by atoms with Gasteiger partial charge in [0.25, 0.3) is 0 Å². The number of hydrogen-bond donors (Lipinski definition) is 6. The van der Waals surface area contributed by atoms with E-state index in [4.69, 9.17) is 21.4 Å². The summed E-state index contributed by atoms with van der Waals surface area (Å²) in [6.07, 6.45) is -0.868. The number of nitrogens with zero attached hydrogens (tertiary/aromatic N) is 2. The SMILES string of the molecule is CC(=O)N[C@@H](CCCCN)C(=O)CCCNC(=O)[C@@H](N)CCN(C(=O)CO)[C@@H](c1cc(-c2cc(F)ccc2F)cn1Cc1ccccc1)C(C)(C)C.O=C(O)C(F)(F)F. The van der Waals surface area contributed by atoms with Gasteiger partial charge in [-0.2, -0.15) is 13.2 Å². The van der Waals surface area contributed by atoms with Gasteiger partial charge in [-0.15, -0.1) is 0 Å². The van der Waals surface area contributed by atoms with E-state index in [0.717, 1.165) is 30.2 Å². The van der Waals surface area contributed by atoms with Crippen LogP contribution in [0.15, 0.2) is 60.8 Å². The molecule has 0 saturated carbocycles. The quantitative estimate of drug-likeness (QED) is 0.0679. The smallest absolute Gasteiger partial charge is 0.475 e. The van der Waals surface area contributed by atoms with Crippen molar-refractivity contribution in [2.24, 2.45) is 16.9 Å². The van der Waals surface area contributed by atoms with Crippen LogP contribution in [0.3, 0.4) is 0 Å². The van der Waals surface area contributed by atoms with Crippen LogP contribution in [0.2, 0.25) is 0 Å². The average Bonchev–Trinajstić information content (AvgIpc) is 3.56. The Balaban J connectivity index is 0.00000157. The first-order valence-corrected chi connectivity index (χ1v) is 19.0. The van der Waals surface area contributed by atoms with Gasteiger partial charge in [-0.05, 0) is 73.9 Å². The predicted molar refractivity (Wildman–Crippen MR) is 210 cm³/mol. The Labute approximate surface area is 340 Å². The third kappa shape index (κ3) is 16.5. The fourth-order valence-electron chi connectivity index (χ4n) is 6.34. The molecule has 0 aliphatic carbocycles. The van der Waals surface area contributed by atoms with Crippen molar-refractivity contribution in [1.29, 1.82) is 0 Å². The number of ketones is 1. The van der Waals surface area contributed by atoms with Gasteiger partial charge in [-0.3, -0.25) is 19.2 Å². The van der Waals surface area contributed by atoms with E-state index in [2.05, 4.69) is 10.6 Å². The van der Waals surface area contributed by atoms with Crippen LogP contribution in [0.5, 0.6) is 0 Å². The number of carbonyl (C=O) groups is 5. The van der Waals surface area contributed by atoms with Gasteiger partial charge >= 0.3 is 12.1 Å². The monoisotopic (exact) mass is 838 g/mol. The highest BCUT2D eigenvalue weighted by Crippen LogP contribution is 2.41. The molecule has 2 aromatic carbocycles. The minimum atomic E-state index is -5.08. The largest absolute Gasteiger partial charge is 0.490 e. The maximum atomic E-state index is 15.0. The summed E-state index contributed by atoms with van der Waals surface area (Å²) < 4.78 is 62.9. The highest BCUT2D eigenvalue weighted by atomic mass is 19.4. The average molecular weight is 839 g/mol. The Bertz CT molecular complexity index is 1850. The number of aliphatic hydroxyl groups excluding tert-OH is 1. The zero-order valence-corrected chi connectivity index (χ0v) is 33.7. The van der Waals surface area contributed by atoms with E-state index in [1.807, 2.05) is 55.7 Å². The number of carboxylic acids is 1. The Morgan fingerprint density at radius 2 is 1.58 bits per heavy atom. The molecule has 18 heteroatoms. The summed E-state index contributed by atoms with van der Waals surface area (Å²) in [6.45, 7) is 7.41. The second-order valence-corrected chi connectivity index (χ2v) is 15.0. The zero-order valence-electron chi connectivity index (χ0n) is 33.7. The van der Waals surface area contributed by atoms with Crippen molar-refractivity contribution in [3.8, 4) is 11.1 Å². The molecule has 0 spiro atoms. The van der Waals surface area contributed by atoms with Gasteiger partial charge in [0, 0.05) is 56.0 Å². The molecule has 0 aliphatic rings. The van der Waals surface area contributed by atoms with Crippen molar-refractivity contribution in [1.82, 2.24) is 20.1 Å². The molecule has 0 fully saturated rings. The van der Waals surface area contributed by atoms with Crippen molar-refractivity contribution in [2.75, 3.05) is 26.2 Å². The topological polar surface area (TPSA) is 210 Å². The van der Waals surface area contributed by atoms with Crippen LogP contribution in [0.1, 0.15) is 83.5 Å². The summed E-state index contributed by atoms with van der Waals surface area (Å²) in [4.78, 5) is 61.1. The highest BCUT2D eigenvalue weighted by molar-refractivity contribution is 5.88. The lowest BCUT2D eigenvalue weighted by Crippen LogP contribution is -2.47. The molecule has 0 bridgehead atoms. The van der Waals surface area contributed by atoms with Gasteiger partial charge in [-0.1, -0.05) is 51.1 Å². The summed E-state index contributed by atoms with van der Waals surface area (Å²) in [5.74, 6) is -5.42. The number of Topliss-reactive ketones (excluding diaryl/α,β-unsaturated/α-hetero) is 1. The molecule has 1 aromatic heterocycles. The maximum absolute atomic E-state index is 15.0. The highest BCUT2D eigenvalue weighted by Gasteiger charge is 2.39. The second kappa shape index (κ2) is 23.4. The van der Waals surface area contributed by atoms with E-state index >= 15 is 4.39 Å². The number of nitrogens with one attached hydrogen (secondary N) is 2. The lowest BCUT2D eigenvalue weighted by Gasteiger charge is -2.41. The first-order chi connectivity index (χ1) is 27.6. The molecule has 3 amide bonds. The lowest BCUT2D eigenvalue weighted by atomic mass is 9.82. The zero-order chi connectivity index (χ0) is 44.5. The molecule has 3 atom stereocenters. The van der Waals surface area contributed by atoms with Gasteiger partial charge in [-0.25, -0.2) is 13.6 Å². The first-order valence-electron chi connectivity index (χ1n) is 19.0. The third-order valence-corrected chi connectivity index (χ3v) is 9.11. The Kier molecular flexibility index (Phi) is 19.8. The number of alkyl halides is 3. The summed E-state index contributed by atoms with van der Waals surface area (Å²) in [5, 5.41) is 22.6. The van der Waals surface area contributed by atoms with Crippen LogP contribution in [-0.4, -0.2) is 93.7 Å². The van der Waals surface area contributed by atoms with Crippen LogP contribution in [0.4, 0.5) is 22.0 Å². The fourth-order valence-corrected chi connectivity index (χ4v) is 6.34. The molecule has 13 nitrogen and oxygen atoms in total. The molecular formula is C41H55F5N6O7. The van der Waals surface area contributed by atoms with E-state index in [1.165, 1.54) is 11.8 Å². The minimum Gasteiger partial charge on any atom is -0.475 e. The molecule has 59 heavy (non-hydrogen) atoms. The number of unbranched alkanes of at least 4 members (excludes halogenated alkanes) is 1. The molecule has 0 unspecified atom stereocenters. The number of halogens is 5. The number of aliphatic hydroxyl groups is 1. The van der Waals surface area contributed by atoms with Crippen LogP contribution in [0, 0.1) is 17.0 Å². The summed E-state index contributed by atoms with van der Waals surface area (Å²) in [7, 11) is 0. The van der Waals surface area contributed by atoms with Crippen molar-refractivity contribution in [3.63, 3.8) is 0 Å². The Morgan fingerprint density at radius 3 is 2.14 bits per heavy atom. The van der Waals surface area contributed by atoms with Crippen molar-refractivity contribution < 1.29 is 56.1 Å². The number of benzene rings is 2. The number of aromatic nitrogens is 1. The van der Waals surface area contributed by atoms with E-state index in [-0.39, 0.29) is 43.2 Å². The van der Waals surface area contributed by atoms with Crippen molar-refractivity contribution in [2.45, 2.75) is 97.1 Å². The second-order valence-electron chi connectivity index (χ2n) is 15.0. The van der Waals surface area contributed by atoms with E-state index in [0.29, 0.717) is 43.6 Å². The molecule has 326 valence electrons. The standard InChI is InChI=1S/C39H54F2N6O5.C2HF3O2/c1-26(49)45-33(13-8-9-18-42)35(50)14-10-19-44-38(52)32(43)17-20-47(36(51)25-48)37(39(2,3)4)34-21-28(30-22-29(40)15-16-31(30)41)24-46(34)23-27-11-6-5-7-12-27;3-2(4,5)1(6)7/h5-7,11-12,15-16,21-22,24,32-33,37,48H,8-10,13-14,17-20,23,25,42-43H2,1-4H3,(H,44,52)(H,45,49);(H,6,7)/t32-,33-,37-;/m0./s1. The van der Waals surface area contributed by atoms with Crippen LogP contribution in [0.25, 0.3) is 11.1 Å².